The first kappa shape index (κ1) is 12.3. The van der Waals surface area contributed by atoms with Crippen LogP contribution in [0.2, 0.25) is 0 Å². The maximum Gasteiger partial charge on any atom is 0.164 e. The number of aryl methyl sites for hydroxylation is 2. The zero-order valence-electron chi connectivity index (χ0n) is 10.2. The lowest BCUT2D eigenvalue weighted by atomic mass is 9.94. The number of hydrogen-bond donors (Lipinski definition) is 1. The van der Waals surface area contributed by atoms with E-state index in [1.54, 1.807) is 11.0 Å². The number of halogens is 1. The molecule has 0 aromatic carbocycles. The molecule has 0 saturated heterocycles. The molecule has 18 heavy (non-hydrogen) atoms. The molecule has 1 N–H and O–H groups in total. The normalized spacial score (nSPS) is 18.9. The lowest BCUT2D eigenvalue weighted by Gasteiger charge is -2.23. The molecule has 0 saturated carbocycles. The molecule has 0 fully saturated rings. The van der Waals surface area contributed by atoms with Crippen LogP contribution in [0.3, 0.4) is 0 Å². The van der Waals surface area contributed by atoms with Gasteiger partial charge in [-0.05, 0) is 46.8 Å². The molecule has 1 aliphatic carbocycles. The van der Waals surface area contributed by atoms with Gasteiger partial charge in [-0.1, -0.05) is 0 Å². The molecule has 0 bridgehead atoms. The second kappa shape index (κ2) is 5.11. The Morgan fingerprint density at radius 1 is 1.61 bits per heavy atom. The van der Waals surface area contributed by atoms with Crippen LogP contribution < -0.4 is 5.32 Å². The average Bonchev–Trinajstić information content (AvgIpc) is 2.91. The van der Waals surface area contributed by atoms with Gasteiger partial charge in [0.25, 0.3) is 0 Å². The zero-order valence-corrected chi connectivity index (χ0v) is 12.6. The average molecular weight is 327 g/mol. The fourth-order valence-corrected chi connectivity index (χ4v) is 4.23. The number of nitrogens with zero attached hydrogens (tertiary/aromatic N) is 3. The van der Waals surface area contributed by atoms with E-state index >= 15 is 0 Å². The summed E-state index contributed by atoms with van der Waals surface area (Å²) in [6, 6.07) is 2.70. The van der Waals surface area contributed by atoms with Crippen molar-refractivity contribution >= 4 is 27.3 Å². The molecule has 2 aromatic heterocycles. The molecule has 6 heteroatoms. The van der Waals surface area contributed by atoms with E-state index in [0.29, 0.717) is 6.04 Å². The molecule has 0 amide bonds. The lowest BCUT2D eigenvalue weighted by molar-refractivity contribution is 0.456. The zero-order chi connectivity index (χ0) is 12.5. The SMILES string of the molecule is Cn1cnc(CNC2CCCc3sc(Br)cc32)n1. The van der Waals surface area contributed by atoms with Crippen molar-refractivity contribution in [3.8, 4) is 0 Å². The van der Waals surface area contributed by atoms with Crippen LogP contribution in [-0.2, 0) is 20.0 Å². The van der Waals surface area contributed by atoms with Gasteiger partial charge in [-0.25, -0.2) is 4.98 Å². The molecular formula is C12H15BrN4S. The molecule has 0 spiro atoms. The number of rotatable bonds is 3. The van der Waals surface area contributed by atoms with Crippen molar-refractivity contribution < 1.29 is 0 Å². The van der Waals surface area contributed by atoms with Gasteiger partial charge in [0, 0.05) is 18.0 Å². The van der Waals surface area contributed by atoms with Crippen molar-refractivity contribution in [1.82, 2.24) is 20.1 Å². The standard InChI is InChI=1S/C12H15BrN4S/c1-17-7-15-12(16-17)6-14-9-3-2-4-10-8(9)5-11(13)18-10/h5,7,9,14H,2-4,6H2,1H3. The van der Waals surface area contributed by atoms with Gasteiger partial charge in [-0.2, -0.15) is 5.10 Å². The Morgan fingerprint density at radius 2 is 2.50 bits per heavy atom. The summed E-state index contributed by atoms with van der Waals surface area (Å²) in [5.74, 6) is 0.860. The molecule has 3 rings (SSSR count). The van der Waals surface area contributed by atoms with Gasteiger partial charge in [0.15, 0.2) is 5.82 Å². The molecule has 96 valence electrons. The van der Waals surface area contributed by atoms with Crippen LogP contribution in [0.1, 0.15) is 35.1 Å². The fourth-order valence-electron chi connectivity index (χ4n) is 2.41. The summed E-state index contributed by atoms with van der Waals surface area (Å²) in [7, 11) is 1.89. The van der Waals surface area contributed by atoms with E-state index in [1.807, 2.05) is 18.4 Å². The van der Waals surface area contributed by atoms with E-state index < -0.39 is 0 Å². The molecule has 2 aromatic rings. The Bertz CT molecular complexity index is 548. The van der Waals surface area contributed by atoms with Gasteiger partial charge in [-0.3, -0.25) is 4.68 Å². The Labute approximate surface area is 119 Å². The highest BCUT2D eigenvalue weighted by atomic mass is 79.9. The van der Waals surface area contributed by atoms with Crippen molar-refractivity contribution in [2.24, 2.45) is 7.05 Å². The van der Waals surface area contributed by atoms with Crippen LogP contribution in [0, 0.1) is 0 Å². The fraction of sp³-hybridized carbons (Fsp3) is 0.500. The van der Waals surface area contributed by atoms with Crippen LogP contribution in [0.5, 0.6) is 0 Å². The largest absolute Gasteiger partial charge is 0.303 e. The molecule has 4 nitrogen and oxygen atoms in total. The summed E-state index contributed by atoms with van der Waals surface area (Å²) < 4.78 is 2.97. The van der Waals surface area contributed by atoms with Crippen LogP contribution >= 0.6 is 27.3 Å². The Morgan fingerprint density at radius 3 is 3.28 bits per heavy atom. The minimum Gasteiger partial charge on any atom is -0.303 e. The maximum atomic E-state index is 4.29. The highest BCUT2D eigenvalue weighted by Gasteiger charge is 2.22. The van der Waals surface area contributed by atoms with E-state index in [2.05, 4.69) is 37.4 Å². The maximum absolute atomic E-state index is 4.29. The second-order valence-electron chi connectivity index (χ2n) is 4.59. The number of thiophene rings is 1. The Balaban J connectivity index is 1.70. The molecule has 0 aliphatic heterocycles. The van der Waals surface area contributed by atoms with Crippen LogP contribution in [0.25, 0.3) is 0 Å². The summed E-state index contributed by atoms with van der Waals surface area (Å²) >= 11 is 5.44. The van der Waals surface area contributed by atoms with Crippen molar-refractivity contribution in [2.75, 3.05) is 0 Å². The first-order valence-electron chi connectivity index (χ1n) is 6.08. The van der Waals surface area contributed by atoms with Crippen molar-refractivity contribution in [3.05, 3.63) is 32.4 Å². The van der Waals surface area contributed by atoms with Gasteiger partial charge < -0.3 is 5.32 Å². The number of nitrogens with one attached hydrogen (secondary N) is 1. The Hall–Kier alpha value is -0.720. The van der Waals surface area contributed by atoms with Gasteiger partial charge in [0.2, 0.25) is 0 Å². The van der Waals surface area contributed by atoms with Crippen molar-refractivity contribution in [2.45, 2.75) is 31.8 Å². The Kier molecular flexibility index (Phi) is 3.50. The second-order valence-corrected chi connectivity index (χ2v) is 7.11. The van der Waals surface area contributed by atoms with E-state index in [0.717, 1.165) is 12.4 Å². The summed E-state index contributed by atoms with van der Waals surface area (Å²) in [6.07, 6.45) is 5.41. The molecule has 0 radical (unpaired) electrons. The van der Waals surface area contributed by atoms with Gasteiger partial charge in [0.05, 0.1) is 10.3 Å². The predicted molar refractivity (Wildman–Crippen MR) is 75.5 cm³/mol. The molecule has 1 aliphatic rings. The topological polar surface area (TPSA) is 42.7 Å². The van der Waals surface area contributed by atoms with Crippen molar-refractivity contribution in [1.29, 1.82) is 0 Å². The smallest absolute Gasteiger partial charge is 0.164 e. The van der Waals surface area contributed by atoms with E-state index in [9.17, 15) is 0 Å². The third-order valence-electron chi connectivity index (χ3n) is 3.24. The monoisotopic (exact) mass is 326 g/mol. The summed E-state index contributed by atoms with van der Waals surface area (Å²) in [6.45, 7) is 0.735. The third-order valence-corrected chi connectivity index (χ3v) is 4.95. The summed E-state index contributed by atoms with van der Waals surface area (Å²) in [4.78, 5) is 5.76. The first-order chi connectivity index (χ1) is 8.72. The van der Waals surface area contributed by atoms with E-state index in [4.69, 9.17) is 0 Å². The highest BCUT2D eigenvalue weighted by molar-refractivity contribution is 9.11. The summed E-state index contributed by atoms with van der Waals surface area (Å²) in [5.41, 5.74) is 1.45. The van der Waals surface area contributed by atoms with Crippen LogP contribution in [-0.4, -0.2) is 14.8 Å². The lowest BCUT2D eigenvalue weighted by Crippen LogP contribution is -2.24. The first-order valence-corrected chi connectivity index (χ1v) is 7.69. The third kappa shape index (κ3) is 2.50. The van der Waals surface area contributed by atoms with Crippen LogP contribution in [0.15, 0.2) is 16.2 Å². The number of fused-ring (bicyclic) bond motifs is 1. The number of hydrogen-bond acceptors (Lipinski definition) is 4. The minimum atomic E-state index is 0.445. The van der Waals surface area contributed by atoms with Crippen molar-refractivity contribution in [3.63, 3.8) is 0 Å². The summed E-state index contributed by atoms with van der Waals surface area (Å²) in [5, 5.41) is 7.86. The quantitative estimate of drug-likeness (QED) is 0.943. The number of aromatic nitrogens is 3. The van der Waals surface area contributed by atoms with E-state index in [1.165, 1.54) is 33.5 Å². The minimum absolute atomic E-state index is 0.445. The molecule has 2 heterocycles. The molecular weight excluding hydrogens is 312 g/mol. The molecule has 1 atom stereocenters. The van der Waals surface area contributed by atoms with Gasteiger partial charge in [0.1, 0.15) is 6.33 Å². The van der Waals surface area contributed by atoms with Gasteiger partial charge >= 0.3 is 0 Å². The van der Waals surface area contributed by atoms with E-state index in [-0.39, 0.29) is 0 Å². The molecule has 1 unspecified atom stereocenters. The van der Waals surface area contributed by atoms with Crippen LogP contribution in [0.4, 0.5) is 0 Å². The van der Waals surface area contributed by atoms with Gasteiger partial charge in [-0.15, -0.1) is 11.3 Å². The predicted octanol–water partition coefficient (Wildman–Crippen LogP) is 2.81. The highest BCUT2D eigenvalue weighted by Crippen LogP contribution is 2.37.